The molecule has 0 spiro atoms. The molecular weight excluding hydrogens is 265 g/mol. The summed E-state index contributed by atoms with van der Waals surface area (Å²) in [5.74, 6) is 0.651. The third kappa shape index (κ3) is 3.32. The van der Waals surface area contributed by atoms with Crippen molar-refractivity contribution in [2.24, 2.45) is 0 Å². The number of nitrogens with two attached hydrogens (primary N) is 1. The molecule has 0 saturated carbocycles. The Balaban J connectivity index is 2.15. The normalized spacial score (nSPS) is 12.1. The van der Waals surface area contributed by atoms with Crippen LogP contribution in [0.4, 0.5) is 10.1 Å². The van der Waals surface area contributed by atoms with Crippen molar-refractivity contribution in [1.82, 2.24) is 0 Å². The van der Waals surface area contributed by atoms with E-state index in [0.717, 1.165) is 11.3 Å². The number of benzene rings is 2. The lowest BCUT2D eigenvalue weighted by Gasteiger charge is -2.07. The van der Waals surface area contributed by atoms with E-state index in [1.165, 1.54) is 18.2 Å². The van der Waals surface area contributed by atoms with E-state index in [2.05, 4.69) is 0 Å². The number of ether oxygens (including phenoxy) is 1. The molecule has 2 aromatic carbocycles. The number of methoxy groups -OCH3 is 1. The van der Waals surface area contributed by atoms with E-state index in [1.807, 2.05) is 12.1 Å². The molecule has 0 amide bonds. The maximum atomic E-state index is 12.9. The van der Waals surface area contributed by atoms with Gasteiger partial charge in [-0.3, -0.25) is 4.21 Å². The van der Waals surface area contributed by atoms with Gasteiger partial charge in [0.25, 0.3) is 0 Å². The van der Waals surface area contributed by atoms with Crippen LogP contribution in [0, 0.1) is 5.82 Å². The molecule has 19 heavy (non-hydrogen) atoms. The summed E-state index contributed by atoms with van der Waals surface area (Å²) >= 11 is 0. The van der Waals surface area contributed by atoms with Crippen molar-refractivity contribution >= 4 is 16.5 Å². The van der Waals surface area contributed by atoms with Crippen LogP contribution in [-0.2, 0) is 16.6 Å². The van der Waals surface area contributed by atoms with Gasteiger partial charge in [0, 0.05) is 0 Å². The summed E-state index contributed by atoms with van der Waals surface area (Å²) in [7, 11) is 0.294. The second-order valence-electron chi connectivity index (χ2n) is 4.02. The van der Waals surface area contributed by atoms with Gasteiger partial charge in [0.15, 0.2) is 0 Å². The van der Waals surface area contributed by atoms with Crippen molar-refractivity contribution in [3.05, 3.63) is 53.8 Å². The Kier molecular flexibility index (Phi) is 4.16. The van der Waals surface area contributed by atoms with Crippen LogP contribution >= 0.6 is 0 Å². The first-order chi connectivity index (χ1) is 9.10. The minimum Gasteiger partial charge on any atom is -0.497 e. The lowest BCUT2D eigenvalue weighted by atomic mass is 10.2. The molecule has 0 bridgehead atoms. The van der Waals surface area contributed by atoms with Gasteiger partial charge in [-0.25, -0.2) is 4.39 Å². The molecule has 5 heteroatoms. The molecule has 2 aromatic rings. The van der Waals surface area contributed by atoms with E-state index < -0.39 is 16.6 Å². The molecule has 0 saturated heterocycles. The second-order valence-corrected chi connectivity index (χ2v) is 5.44. The van der Waals surface area contributed by atoms with Crippen molar-refractivity contribution in [2.75, 3.05) is 12.8 Å². The topological polar surface area (TPSA) is 52.3 Å². The van der Waals surface area contributed by atoms with Gasteiger partial charge >= 0.3 is 0 Å². The Morgan fingerprint density at radius 1 is 1.21 bits per heavy atom. The highest BCUT2D eigenvalue weighted by molar-refractivity contribution is 7.84. The van der Waals surface area contributed by atoms with Gasteiger partial charge in [-0.05, 0) is 35.9 Å². The highest BCUT2D eigenvalue weighted by Gasteiger charge is 2.09. The molecule has 3 nitrogen and oxygen atoms in total. The van der Waals surface area contributed by atoms with Gasteiger partial charge in [-0.15, -0.1) is 0 Å². The SMILES string of the molecule is COc1ccc(CS(=O)c2ccc(F)cc2N)cc1. The first-order valence-corrected chi connectivity index (χ1v) is 6.98. The Morgan fingerprint density at radius 2 is 1.89 bits per heavy atom. The number of nitrogen functional groups attached to an aromatic ring is 1. The van der Waals surface area contributed by atoms with Crippen molar-refractivity contribution in [1.29, 1.82) is 0 Å². The molecule has 0 fully saturated rings. The van der Waals surface area contributed by atoms with Gasteiger partial charge in [0.2, 0.25) is 0 Å². The van der Waals surface area contributed by atoms with Crippen LogP contribution in [0.2, 0.25) is 0 Å². The largest absolute Gasteiger partial charge is 0.497 e. The molecule has 1 atom stereocenters. The molecule has 0 aliphatic rings. The molecule has 0 aliphatic heterocycles. The molecule has 100 valence electrons. The molecule has 2 N–H and O–H groups in total. The van der Waals surface area contributed by atoms with Crippen LogP contribution in [0.15, 0.2) is 47.4 Å². The number of anilines is 1. The predicted octanol–water partition coefficient (Wildman–Crippen LogP) is 2.72. The minimum absolute atomic E-state index is 0.215. The Bertz CT molecular complexity index is 599. The Labute approximate surface area is 113 Å². The smallest absolute Gasteiger partial charge is 0.125 e. The quantitative estimate of drug-likeness (QED) is 0.875. The zero-order chi connectivity index (χ0) is 13.8. The van der Waals surface area contributed by atoms with Gasteiger partial charge in [0.1, 0.15) is 11.6 Å². The van der Waals surface area contributed by atoms with Crippen LogP contribution in [0.1, 0.15) is 5.56 Å². The number of halogens is 1. The molecule has 0 aromatic heterocycles. The summed E-state index contributed by atoms with van der Waals surface area (Å²) in [4.78, 5) is 0.456. The van der Waals surface area contributed by atoms with Gasteiger partial charge in [-0.1, -0.05) is 12.1 Å². The van der Waals surface area contributed by atoms with E-state index in [9.17, 15) is 8.60 Å². The Morgan fingerprint density at radius 3 is 2.47 bits per heavy atom. The first-order valence-electron chi connectivity index (χ1n) is 5.66. The van der Waals surface area contributed by atoms with Gasteiger partial charge < -0.3 is 10.5 Å². The van der Waals surface area contributed by atoms with Crippen LogP contribution in [0.25, 0.3) is 0 Å². The summed E-state index contributed by atoms with van der Waals surface area (Å²) in [6.45, 7) is 0. The van der Waals surface area contributed by atoms with E-state index in [-0.39, 0.29) is 5.69 Å². The summed E-state index contributed by atoms with van der Waals surface area (Å²) in [6.07, 6.45) is 0. The molecule has 2 rings (SSSR count). The minimum atomic E-state index is -1.30. The zero-order valence-electron chi connectivity index (χ0n) is 10.4. The highest BCUT2D eigenvalue weighted by atomic mass is 32.2. The van der Waals surface area contributed by atoms with Crippen LogP contribution in [-0.4, -0.2) is 11.3 Å². The van der Waals surface area contributed by atoms with E-state index in [1.54, 1.807) is 19.2 Å². The second kappa shape index (κ2) is 5.84. The predicted molar refractivity (Wildman–Crippen MR) is 73.9 cm³/mol. The summed E-state index contributed by atoms with van der Waals surface area (Å²) in [5, 5.41) is 0. The highest BCUT2D eigenvalue weighted by Crippen LogP contribution is 2.21. The maximum Gasteiger partial charge on any atom is 0.125 e. The van der Waals surface area contributed by atoms with E-state index in [0.29, 0.717) is 10.6 Å². The average Bonchev–Trinajstić information content (AvgIpc) is 2.39. The summed E-state index contributed by atoms with van der Waals surface area (Å²) < 4.78 is 30.2. The Hall–Kier alpha value is -1.88. The third-order valence-corrected chi connectivity index (χ3v) is 4.13. The molecule has 0 radical (unpaired) electrons. The van der Waals surface area contributed by atoms with Crippen LogP contribution < -0.4 is 10.5 Å². The van der Waals surface area contributed by atoms with Gasteiger partial charge in [-0.2, -0.15) is 0 Å². The fourth-order valence-corrected chi connectivity index (χ4v) is 2.87. The monoisotopic (exact) mass is 279 g/mol. The maximum absolute atomic E-state index is 12.9. The van der Waals surface area contributed by atoms with Crippen molar-refractivity contribution in [3.8, 4) is 5.75 Å². The summed E-state index contributed by atoms with van der Waals surface area (Å²) in [6, 6.07) is 11.2. The van der Waals surface area contributed by atoms with E-state index in [4.69, 9.17) is 10.5 Å². The molecular formula is C14H14FNO2S. The van der Waals surface area contributed by atoms with Crippen molar-refractivity contribution < 1.29 is 13.3 Å². The third-order valence-electron chi connectivity index (χ3n) is 2.67. The van der Waals surface area contributed by atoms with Gasteiger partial charge in [0.05, 0.1) is 34.2 Å². The van der Waals surface area contributed by atoms with Crippen molar-refractivity contribution in [2.45, 2.75) is 10.6 Å². The molecule has 0 heterocycles. The van der Waals surface area contributed by atoms with Crippen molar-refractivity contribution in [3.63, 3.8) is 0 Å². The fourth-order valence-electron chi connectivity index (χ4n) is 1.68. The summed E-state index contributed by atoms with van der Waals surface area (Å²) in [5.41, 5.74) is 6.79. The standard InChI is InChI=1S/C14H14FNO2S/c1-18-12-5-2-10(3-6-12)9-19(17)14-7-4-11(15)8-13(14)16/h2-8H,9,16H2,1H3. The molecule has 0 aliphatic carbocycles. The average molecular weight is 279 g/mol. The molecule has 1 unspecified atom stereocenters. The lowest BCUT2D eigenvalue weighted by Crippen LogP contribution is -2.01. The lowest BCUT2D eigenvalue weighted by molar-refractivity contribution is 0.414. The van der Waals surface area contributed by atoms with E-state index >= 15 is 0 Å². The number of hydrogen-bond donors (Lipinski definition) is 1. The van der Waals surface area contributed by atoms with Crippen LogP contribution in [0.3, 0.4) is 0 Å². The zero-order valence-corrected chi connectivity index (χ0v) is 11.2. The fraction of sp³-hybridized carbons (Fsp3) is 0.143. The van der Waals surface area contributed by atoms with Crippen LogP contribution in [0.5, 0.6) is 5.75 Å². The number of hydrogen-bond acceptors (Lipinski definition) is 3. The number of rotatable bonds is 4. The first kappa shape index (κ1) is 13.5.